The third kappa shape index (κ3) is 3.10. The van der Waals surface area contributed by atoms with Gasteiger partial charge in [-0.3, -0.25) is 14.4 Å². The third-order valence-corrected chi connectivity index (χ3v) is 2.00. The summed E-state index contributed by atoms with van der Waals surface area (Å²) < 4.78 is 4.90. The first-order chi connectivity index (χ1) is 7.95. The fourth-order valence-corrected chi connectivity index (χ4v) is 1.15. The van der Waals surface area contributed by atoms with E-state index in [0.717, 1.165) is 6.92 Å². The average molecular weight is 236 g/mol. The smallest absolute Gasteiger partial charge is 0.291 e. The number of nitrogens with zero attached hydrogens (tertiary/aromatic N) is 1. The Balaban J connectivity index is 3.04. The zero-order valence-corrected chi connectivity index (χ0v) is 9.73. The van der Waals surface area contributed by atoms with Crippen LogP contribution in [-0.2, 0) is 9.59 Å². The van der Waals surface area contributed by atoms with E-state index in [2.05, 4.69) is 10.3 Å². The van der Waals surface area contributed by atoms with Crippen LogP contribution in [-0.4, -0.2) is 29.6 Å². The number of aromatic nitrogens is 1. The zero-order chi connectivity index (χ0) is 13.0. The van der Waals surface area contributed by atoms with Gasteiger partial charge >= 0.3 is 0 Å². The van der Waals surface area contributed by atoms with Gasteiger partial charge in [-0.1, -0.05) is 0 Å². The lowest BCUT2D eigenvalue weighted by atomic mass is 10.2. The molecule has 0 fully saturated rings. The van der Waals surface area contributed by atoms with Gasteiger partial charge in [-0.05, 0) is 13.0 Å². The molecule has 0 saturated carbocycles. The van der Waals surface area contributed by atoms with Crippen molar-refractivity contribution in [3.05, 3.63) is 17.8 Å². The molecule has 1 rings (SSSR count). The largest absolute Gasteiger partial charge is 0.480 e. The molecule has 0 unspecified atom stereocenters. The first-order valence-corrected chi connectivity index (χ1v) is 4.82. The number of nitrogens with one attached hydrogen (secondary N) is 1. The van der Waals surface area contributed by atoms with Crippen LogP contribution in [0, 0.1) is 0 Å². The Labute approximate surface area is 98.0 Å². The van der Waals surface area contributed by atoms with Crippen LogP contribution in [0.5, 0.6) is 5.88 Å². The predicted molar refractivity (Wildman–Crippen MR) is 60.1 cm³/mol. The number of methoxy groups -OCH3 is 1. The summed E-state index contributed by atoms with van der Waals surface area (Å²) in [6.45, 7) is 2.51. The molecule has 6 nitrogen and oxygen atoms in total. The summed E-state index contributed by atoms with van der Waals surface area (Å²) in [6, 6.07) is 1.41. The van der Waals surface area contributed by atoms with Crippen molar-refractivity contribution < 1.29 is 19.1 Å². The van der Waals surface area contributed by atoms with Crippen molar-refractivity contribution >= 4 is 23.2 Å². The van der Waals surface area contributed by atoms with E-state index in [9.17, 15) is 14.4 Å². The lowest BCUT2D eigenvalue weighted by Crippen LogP contribution is -2.20. The van der Waals surface area contributed by atoms with Gasteiger partial charge in [0.2, 0.25) is 11.7 Å². The normalized spacial score (nSPS) is 9.59. The Bertz CT molecular complexity index is 482. The summed E-state index contributed by atoms with van der Waals surface area (Å²) >= 11 is 0. The molecule has 1 heterocycles. The minimum Gasteiger partial charge on any atom is -0.480 e. The number of pyridine rings is 1. The van der Waals surface area contributed by atoms with E-state index in [1.54, 1.807) is 0 Å². The number of amides is 1. The van der Waals surface area contributed by atoms with Gasteiger partial charge < -0.3 is 10.1 Å². The number of ether oxygens (including phenoxy) is 1. The molecule has 0 aliphatic carbocycles. The minimum absolute atomic E-state index is 0.179. The molecule has 6 heteroatoms. The molecule has 0 bridgehead atoms. The zero-order valence-electron chi connectivity index (χ0n) is 9.73. The first kappa shape index (κ1) is 12.8. The highest BCUT2D eigenvalue weighted by Crippen LogP contribution is 2.19. The highest BCUT2D eigenvalue weighted by Gasteiger charge is 2.13. The van der Waals surface area contributed by atoms with Gasteiger partial charge in [0.25, 0.3) is 5.91 Å². The van der Waals surface area contributed by atoms with Gasteiger partial charge in [0.1, 0.15) is 0 Å². The number of rotatable bonds is 4. The number of Topliss-reactive ketones (excluding diaryl/α,β-unsaturated/α-hetero) is 2. The van der Waals surface area contributed by atoms with Crippen molar-refractivity contribution in [2.75, 3.05) is 12.4 Å². The molecule has 0 aromatic carbocycles. The summed E-state index contributed by atoms with van der Waals surface area (Å²) in [5.74, 6) is -1.44. The quantitative estimate of drug-likeness (QED) is 0.618. The topological polar surface area (TPSA) is 85.4 Å². The summed E-state index contributed by atoms with van der Waals surface area (Å²) in [5, 5.41) is 2.33. The number of anilines is 1. The van der Waals surface area contributed by atoms with Crippen LogP contribution in [0.15, 0.2) is 12.3 Å². The molecular formula is C11H12N2O4. The average Bonchev–Trinajstić information content (AvgIpc) is 2.28. The highest BCUT2D eigenvalue weighted by atomic mass is 16.5. The van der Waals surface area contributed by atoms with E-state index in [0.29, 0.717) is 0 Å². The maximum atomic E-state index is 11.3. The van der Waals surface area contributed by atoms with Crippen LogP contribution in [0.1, 0.15) is 24.2 Å². The van der Waals surface area contributed by atoms with Crippen molar-refractivity contribution in [2.45, 2.75) is 13.8 Å². The highest BCUT2D eigenvalue weighted by molar-refractivity contribution is 6.39. The van der Waals surface area contributed by atoms with Gasteiger partial charge in [0.05, 0.1) is 24.6 Å². The Kier molecular flexibility index (Phi) is 3.92. The Hall–Kier alpha value is -2.24. The number of hydrogen-bond donors (Lipinski definition) is 1. The molecule has 1 aromatic rings. The van der Waals surface area contributed by atoms with Gasteiger partial charge in [0.15, 0.2) is 5.78 Å². The fraction of sp³-hybridized carbons (Fsp3) is 0.273. The third-order valence-electron chi connectivity index (χ3n) is 2.00. The van der Waals surface area contributed by atoms with E-state index < -0.39 is 11.7 Å². The van der Waals surface area contributed by atoms with Gasteiger partial charge in [-0.15, -0.1) is 0 Å². The second kappa shape index (κ2) is 5.20. The van der Waals surface area contributed by atoms with E-state index >= 15 is 0 Å². The van der Waals surface area contributed by atoms with E-state index in [1.807, 2.05) is 0 Å². The standard InChI is InChI=1S/C11H12N2O4/c1-6(14)9-4-8(5-12-11(9)17-3)13-10(16)7(2)15/h4-5H,1-3H3,(H,13,16). The minimum atomic E-state index is -0.758. The number of carbonyl (C=O) groups excluding carboxylic acids is 3. The van der Waals surface area contributed by atoms with Crippen molar-refractivity contribution in [2.24, 2.45) is 0 Å². The molecule has 0 aliphatic heterocycles. The van der Waals surface area contributed by atoms with Crippen molar-refractivity contribution in [1.82, 2.24) is 4.98 Å². The lowest BCUT2D eigenvalue weighted by molar-refractivity contribution is -0.133. The SMILES string of the molecule is COc1ncc(NC(=O)C(C)=O)cc1C(C)=O. The molecule has 0 radical (unpaired) electrons. The van der Waals surface area contributed by atoms with Crippen molar-refractivity contribution in [3.8, 4) is 5.88 Å². The summed E-state index contributed by atoms with van der Waals surface area (Å²) in [7, 11) is 1.39. The van der Waals surface area contributed by atoms with E-state index in [4.69, 9.17) is 4.74 Å². The summed E-state index contributed by atoms with van der Waals surface area (Å²) in [5.41, 5.74) is 0.519. The Morgan fingerprint density at radius 2 is 1.94 bits per heavy atom. The Morgan fingerprint density at radius 3 is 2.41 bits per heavy atom. The lowest BCUT2D eigenvalue weighted by Gasteiger charge is -2.07. The molecule has 0 aliphatic rings. The van der Waals surface area contributed by atoms with E-state index in [-0.39, 0.29) is 22.9 Å². The van der Waals surface area contributed by atoms with Crippen LogP contribution in [0.2, 0.25) is 0 Å². The monoisotopic (exact) mass is 236 g/mol. The van der Waals surface area contributed by atoms with Crippen LogP contribution in [0.3, 0.4) is 0 Å². The van der Waals surface area contributed by atoms with Crippen LogP contribution in [0.25, 0.3) is 0 Å². The number of carbonyl (C=O) groups is 3. The van der Waals surface area contributed by atoms with Gasteiger partial charge in [0, 0.05) is 6.92 Å². The van der Waals surface area contributed by atoms with Gasteiger partial charge in [-0.2, -0.15) is 0 Å². The first-order valence-electron chi connectivity index (χ1n) is 4.82. The number of hydrogen-bond acceptors (Lipinski definition) is 5. The van der Waals surface area contributed by atoms with Crippen molar-refractivity contribution in [3.63, 3.8) is 0 Å². The van der Waals surface area contributed by atoms with Crippen LogP contribution >= 0.6 is 0 Å². The van der Waals surface area contributed by atoms with Gasteiger partial charge in [-0.25, -0.2) is 4.98 Å². The summed E-state index contributed by atoms with van der Waals surface area (Å²) in [4.78, 5) is 37.1. The maximum Gasteiger partial charge on any atom is 0.291 e. The number of ketones is 2. The fourth-order valence-electron chi connectivity index (χ4n) is 1.15. The predicted octanol–water partition coefficient (Wildman–Crippen LogP) is 0.820. The second-order valence-corrected chi connectivity index (χ2v) is 3.35. The molecule has 1 aromatic heterocycles. The second-order valence-electron chi connectivity index (χ2n) is 3.35. The molecule has 0 atom stereocenters. The van der Waals surface area contributed by atoms with E-state index in [1.165, 1.54) is 26.3 Å². The van der Waals surface area contributed by atoms with Crippen LogP contribution < -0.4 is 10.1 Å². The molecule has 90 valence electrons. The Morgan fingerprint density at radius 1 is 1.29 bits per heavy atom. The summed E-state index contributed by atoms with van der Waals surface area (Å²) in [6.07, 6.45) is 1.31. The molecule has 1 amide bonds. The molecule has 0 saturated heterocycles. The van der Waals surface area contributed by atoms with Crippen LogP contribution in [0.4, 0.5) is 5.69 Å². The molecule has 0 spiro atoms. The molecule has 17 heavy (non-hydrogen) atoms. The maximum absolute atomic E-state index is 11.3. The molecular weight excluding hydrogens is 224 g/mol. The van der Waals surface area contributed by atoms with Crippen molar-refractivity contribution in [1.29, 1.82) is 0 Å². The molecule has 1 N–H and O–H groups in total.